The summed E-state index contributed by atoms with van der Waals surface area (Å²) in [6.07, 6.45) is 1.55. The summed E-state index contributed by atoms with van der Waals surface area (Å²) in [6.45, 7) is 7.79. The fourth-order valence-electron chi connectivity index (χ4n) is 3.45. The lowest BCUT2D eigenvalue weighted by atomic mass is 10.0. The van der Waals surface area contributed by atoms with Crippen LogP contribution in [0.1, 0.15) is 25.0 Å². The molecule has 0 spiro atoms. The number of hydrogen-bond donors (Lipinski definition) is 1. The molecule has 0 atom stereocenters. The van der Waals surface area contributed by atoms with Crippen LogP contribution in [0.4, 0.5) is 11.4 Å². The van der Waals surface area contributed by atoms with E-state index in [0.29, 0.717) is 17.0 Å². The van der Waals surface area contributed by atoms with Gasteiger partial charge >= 0.3 is 0 Å². The van der Waals surface area contributed by atoms with E-state index in [1.54, 1.807) is 19.3 Å². The number of nitrogens with one attached hydrogen (secondary N) is 1. The van der Waals surface area contributed by atoms with Crippen molar-refractivity contribution in [1.29, 1.82) is 0 Å². The van der Waals surface area contributed by atoms with Gasteiger partial charge in [-0.05, 0) is 62.8 Å². The van der Waals surface area contributed by atoms with E-state index in [9.17, 15) is 9.59 Å². The van der Waals surface area contributed by atoms with Crippen LogP contribution in [-0.2, 0) is 9.59 Å². The Morgan fingerprint density at radius 3 is 2.47 bits per heavy atom. The zero-order chi connectivity index (χ0) is 21.8. The normalized spacial score (nSPS) is 15.4. The lowest BCUT2D eigenvalue weighted by molar-refractivity contribution is -0.122. The summed E-state index contributed by atoms with van der Waals surface area (Å²) in [5, 5.41) is 2.69. The van der Waals surface area contributed by atoms with E-state index in [-0.39, 0.29) is 10.7 Å². The van der Waals surface area contributed by atoms with Crippen molar-refractivity contribution < 1.29 is 14.3 Å². The van der Waals surface area contributed by atoms with Crippen molar-refractivity contribution in [2.24, 2.45) is 0 Å². The Kier molecular flexibility index (Phi) is 6.52. The Morgan fingerprint density at radius 1 is 1.13 bits per heavy atom. The maximum absolute atomic E-state index is 13.2. The first-order chi connectivity index (χ1) is 14.4. The van der Waals surface area contributed by atoms with Crippen LogP contribution in [0.5, 0.6) is 5.75 Å². The molecule has 0 radical (unpaired) electrons. The average molecular weight is 424 g/mol. The lowest BCUT2D eigenvalue weighted by Gasteiger charge is -2.30. The first-order valence-corrected chi connectivity index (χ1v) is 10.2. The van der Waals surface area contributed by atoms with Gasteiger partial charge in [-0.2, -0.15) is 0 Å². The van der Waals surface area contributed by atoms with Gasteiger partial charge in [0.25, 0.3) is 11.8 Å². The summed E-state index contributed by atoms with van der Waals surface area (Å²) in [4.78, 5) is 29.4. The minimum Gasteiger partial charge on any atom is -0.496 e. The third kappa shape index (κ3) is 4.07. The topological polar surface area (TPSA) is 61.9 Å². The number of nitrogens with zero attached hydrogens (tertiary/aromatic N) is 2. The second kappa shape index (κ2) is 9.09. The molecule has 0 aliphatic carbocycles. The van der Waals surface area contributed by atoms with Crippen molar-refractivity contribution >= 4 is 46.6 Å². The number of rotatable bonds is 6. The highest BCUT2D eigenvalue weighted by molar-refractivity contribution is 7.80. The summed E-state index contributed by atoms with van der Waals surface area (Å²) in [7, 11) is 1.57. The highest BCUT2D eigenvalue weighted by Crippen LogP contribution is 2.30. The fourth-order valence-corrected chi connectivity index (χ4v) is 3.72. The molecule has 1 aliphatic heterocycles. The Morgan fingerprint density at radius 2 is 1.83 bits per heavy atom. The van der Waals surface area contributed by atoms with Crippen LogP contribution in [-0.4, -0.2) is 37.1 Å². The number of thiocarbonyl (C=S) groups is 1. The molecule has 156 valence electrons. The molecule has 3 rings (SSSR count). The maximum atomic E-state index is 13.2. The summed E-state index contributed by atoms with van der Waals surface area (Å²) < 4.78 is 5.54. The molecule has 1 saturated heterocycles. The van der Waals surface area contributed by atoms with Gasteiger partial charge in [0, 0.05) is 30.4 Å². The number of aryl methyl sites for hydroxylation is 1. The summed E-state index contributed by atoms with van der Waals surface area (Å²) in [5.41, 5.74) is 3.18. The van der Waals surface area contributed by atoms with Crippen molar-refractivity contribution in [3.05, 3.63) is 59.2 Å². The van der Waals surface area contributed by atoms with Gasteiger partial charge in [0.05, 0.1) is 12.8 Å². The van der Waals surface area contributed by atoms with Crippen LogP contribution in [0.25, 0.3) is 6.08 Å². The van der Waals surface area contributed by atoms with E-state index in [0.717, 1.165) is 24.3 Å². The number of benzene rings is 2. The molecule has 0 unspecified atom stereocenters. The van der Waals surface area contributed by atoms with Crippen LogP contribution in [0, 0.1) is 6.92 Å². The third-order valence-electron chi connectivity index (χ3n) is 5.10. The van der Waals surface area contributed by atoms with Crippen molar-refractivity contribution in [1.82, 2.24) is 5.32 Å². The quantitative estimate of drug-likeness (QED) is 0.436. The average Bonchev–Trinajstić information content (AvgIpc) is 2.73. The Bertz CT molecular complexity index is 1030. The van der Waals surface area contributed by atoms with Gasteiger partial charge in [-0.1, -0.05) is 18.2 Å². The number of hydrogen-bond acceptors (Lipinski definition) is 5. The van der Waals surface area contributed by atoms with Gasteiger partial charge in [-0.3, -0.25) is 19.8 Å². The van der Waals surface area contributed by atoms with E-state index >= 15 is 0 Å². The second-order valence-corrected chi connectivity index (χ2v) is 7.23. The molecular formula is C23H25N3O3S. The van der Waals surface area contributed by atoms with Crippen molar-refractivity contribution in [2.45, 2.75) is 20.8 Å². The maximum Gasteiger partial charge on any atom is 0.270 e. The van der Waals surface area contributed by atoms with Gasteiger partial charge < -0.3 is 9.64 Å². The molecule has 2 aromatic carbocycles. The van der Waals surface area contributed by atoms with Crippen LogP contribution < -0.4 is 19.9 Å². The zero-order valence-electron chi connectivity index (χ0n) is 17.6. The van der Waals surface area contributed by atoms with Crippen LogP contribution in [0.3, 0.4) is 0 Å². The standard InChI is InChI=1S/C23H25N3O3S/c1-5-25(6-2)17-12-11-16(20(14-17)29-4)13-18-21(27)24-23(30)26(22(18)28)19-10-8-7-9-15(19)3/h7-14H,5-6H2,1-4H3,(H,24,27,30)/b18-13+. The number of carbonyl (C=O) groups is 2. The van der Waals surface area contributed by atoms with E-state index in [4.69, 9.17) is 17.0 Å². The Balaban J connectivity index is 2.03. The molecule has 1 fully saturated rings. The molecule has 30 heavy (non-hydrogen) atoms. The van der Waals surface area contributed by atoms with Crippen LogP contribution >= 0.6 is 12.2 Å². The molecule has 2 amide bonds. The lowest BCUT2D eigenvalue weighted by Crippen LogP contribution is -2.54. The molecule has 2 aromatic rings. The second-order valence-electron chi connectivity index (χ2n) is 6.84. The van der Waals surface area contributed by atoms with Crippen molar-refractivity contribution in [3.63, 3.8) is 0 Å². The SMILES string of the molecule is CCN(CC)c1ccc(/C=C2\C(=O)NC(=S)N(c3ccccc3C)C2=O)c(OC)c1. The largest absolute Gasteiger partial charge is 0.496 e. The molecule has 0 aromatic heterocycles. The van der Waals surface area contributed by atoms with Gasteiger partial charge in [-0.15, -0.1) is 0 Å². The predicted molar refractivity (Wildman–Crippen MR) is 124 cm³/mol. The van der Waals surface area contributed by atoms with Crippen molar-refractivity contribution in [3.8, 4) is 5.75 Å². The molecule has 1 heterocycles. The van der Waals surface area contributed by atoms with Gasteiger partial charge in [0.2, 0.25) is 0 Å². The smallest absolute Gasteiger partial charge is 0.270 e. The molecule has 1 N–H and O–H groups in total. The fraction of sp³-hybridized carbons (Fsp3) is 0.261. The third-order valence-corrected chi connectivity index (χ3v) is 5.39. The summed E-state index contributed by atoms with van der Waals surface area (Å²) in [6, 6.07) is 13.1. The first-order valence-electron chi connectivity index (χ1n) is 9.81. The van der Waals surface area contributed by atoms with Gasteiger partial charge in [0.1, 0.15) is 11.3 Å². The molecular weight excluding hydrogens is 398 g/mol. The Labute approximate surface area is 182 Å². The number of carbonyl (C=O) groups excluding carboxylic acids is 2. The predicted octanol–water partition coefficient (Wildman–Crippen LogP) is 3.68. The molecule has 0 bridgehead atoms. The first kappa shape index (κ1) is 21.5. The number of amides is 2. The number of para-hydroxylation sites is 1. The van der Waals surface area contributed by atoms with E-state index in [1.165, 1.54) is 4.90 Å². The van der Waals surface area contributed by atoms with Gasteiger partial charge in [0.15, 0.2) is 5.11 Å². The number of ether oxygens (including phenoxy) is 1. The number of methoxy groups -OCH3 is 1. The molecule has 6 nitrogen and oxygen atoms in total. The zero-order valence-corrected chi connectivity index (χ0v) is 18.4. The van der Waals surface area contributed by atoms with E-state index in [2.05, 4.69) is 24.1 Å². The minimum absolute atomic E-state index is 0.000687. The monoisotopic (exact) mass is 423 g/mol. The Hall–Kier alpha value is -3.19. The highest BCUT2D eigenvalue weighted by atomic mass is 32.1. The molecule has 0 saturated carbocycles. The minimum atomic E-state index is -0.523. The van der Waals surface area contributed by atoms with Crippen molar-refractivity contribution in [2.75, 3.05) is 30.0 Å². The van der Waals surface area contributed by atoms with Crippen LogP contribution in [0.15, 0.2) is 48.0 Å². The molecule has 1 aliphatic rings. The molecule has 7 heteroatoms. The highest BCUT2D eigenvalue weighted by Gasteiger charge is 2.35. The summed E-state index contributed by atoms with van der Waals surface area (Å²) >= 11 is 5.28. The van der Waals surface area contributed by atoms with Gasteiger partial charge in [-0.25, -0.2) is 0 Å². The van der Waals surface area contributed by atoms with E-state index in [1.807, 2.05) is 43.3 Å². The summed E-state index contributed by atoms with van der Waals surface area (Å²) in [5.74, 6) is -0.402. The van der Waals surface area contributed by atoms with E-state index < -0.39 is 11.8 Å². The number of anilines is 2. The van der Waals surface area contributed by atoms with Crippen LogP contribution in [0.2, 0.25) is 0 Å².